The molecule has 2 aromatic carbocycles. The number of aromatic nitrogens is 3. The van der Waals surface area contributed by atoms with Gasteiger partial charge in [0, 0.05) is 23.8 Å². The molecule has 2 N–H and O–H groups in total. The number of ether oxygens (including phenoxy) is 1. The molecule has 1 unspecified atom stereocenters. The molecule has 0 radical (unpaired) electrons. The van der Waals surface area contributed by atoms with E-state index in [1.54, 1.807) is 18.2 Å². The standard InChI is InChI=1S/C19H18ClN5O2.ClH/c20-14-2-1-3-16(10-14)25-22-11-17(24-25)19(26)23-15-6-4-13(5-7-15)18-12-21-8-9-27-18;/h1-7,10-11,18,21H,8-9,12H2,(H,23,26);1H. The average molecular weight is 420 g/mol. The van der Waals surface area contributed by atoms with Crippen molar-refractivity contribution in [2.75, 3.05) is 25.0 Å². The van der Waals surface area contributed by atoms with Crippen molar-refractivity contribution in [3.63, 3.8) is 0 Å². The van der Waals surface area contributed by atoms with Gasteiger partial charge < -0.3 is 15.4 Å². The minimum Gasteiger partial charge on any atom is -0.371 e. The number of amides is 1. The van der Waals surface area contributed by atoms with Crippen LogP contribution in [0.1, 0.15) is 22.2 Å². The number of morpholine rings is 1. The molecule has 1 atom stereocenters. The highest BCUT2D eigenvalue weighted by molar-refractivity contribution is 6.30. The molecule has 2 heterocycles. The minimum absolute atomic E-state index is 0. The fourth-order valence-corrected chi connectivity index (χ4v) is 3.03. The number of nitrogens with zero attached hydrogens (tertiary/aromatic N) is 3. The van der Waals surface area contributed by atoms with Gasteiger partial charge in [-0.3, -0.25) is 4.79 Å². The van der Waals surface area contributed by atoms with Crippen LogP contribution in [-0.2, 0) is 4.74 Å². The van der Waals surface area contributed by atoms with E-state index in [9.17, 15) is 4.79 Å². The van der Waals surface area contributed by atoms with Crippen molar-refractivity contribution < 1.29 is 9.53 Å². The van der Waals surface area contributed by atoms with Crippen LogP contribution < -0.4 is 10.6 Å². The highest BCUT2D eigenvalue weighted by atomic mass is 35.5. The van der Waals surface area contributed by atoms with Crippen LogP contribution >= 0.6 is 24.0 Å². The van der Waals surface area contributed by atoms with Crippen molar-refractivity contribution in [1.29, 1.82) is 0 Å². The number of hydrogen-bond acceptors (Lipinski definition) is 5. The summed E-state index contributed by atoms with van der Waals surface area (Å²) in [6.07, 6.45) is 1.47. The van der Waals surface area contributed by atoms with Crippen molar-refractivity contribution >= 4 is 35.6 Å². The molecule has 1 aliphatic rings. The summed E-state index contributed by atoms with van der Waals surface area (Å²) in [6, 6.07) is 14.7. The van der Waals surface area contributed by atoms with Gasteiger partial charge in [0.25, 0.3) is 5.91 Å². The zero-order valence-electron chi connectivity index (χ0n) is 14.8. The molecular formula is C19H19Cl2N5O2. The molecule has 1 saturated heterocycles. The second kappa shape index (κ2) is 9.16. The molecule has 1 aliphatic heterocycles. The van der Waals surface area contributed by atoms with Crippen LogP contribution in [0.3, 0.4) is 0 Å². The molecule has 28 heavy (non-hydrogen) atoms. The van der Waals surface area contributed by atoms with Crippen LogP contribution in [0.25, 0.3) is 5.69 Å². The van der Waals surface area contributed by atoms with Gasteiger partial charge in [0.2, 0.25) is 0 Å². The number of nitrogens with one attached hydrogen (secondary N) is 2. The monoisotopic (exact) mass is 419 g/mol. The Bertz CT molecular complexity index is 940. The summed E-state index contributed by atoms with van der Waals surface area (Å²) < 4.78 is 5.73. The second-order valence-corrected chi connectivity index (χ2v) is 6.58. The maximum absolute atomic E-state index is 12.4. The van der Waals surface area contributed by atoms with Crippen LogP contribution in [0.5, 0.6) is 0 Å². The van der Waals surface area contributed by atoms with Gasteiger partial charge in [-0.25, -0.2) is 0 Å². The van der Waals surface area contributed by atoms with E-state index in [-0.39, 0.29) is 30.1 Å². The van der Waals surface area contributed by atoms with Gasteiger partial charge in [-0.2, -0.15) is 9.90 Å². The third-order valence-electron chi connectivity index (χ3n) is 4.23. The van der Waals surface area contributed by atoms with Gasteiger partial charge in [0.1, 0.15) is 0 Å². The van der Waals surface area contributed by atoms with Crippen LogP contribution in [0.4, 0.5) is 5.69 Å². The Kier molecular flexibility index (Phi) is 6.64. The highest BCUT2D eigenvalue weighted by Crippen LogP contribution is 2.21. The number of rotatable bonds is 4. The number of hydrogen-bond donors (Lipinski definition) is 2. The summed E-state index contributed by atoms with van der Waals surface area (Å²) >= 11 is 5.98. The third kappa shape index (κ3) is 4.69. The second-order valence-electron chi connectivity index (χ2n) is 6.14. The molecule has 146 valence electrons. The van der Waals surface area contributed by atoms with Gasteiger partial charge in [-0.15, -0.1) is 17.5 Å². The van der Waals surface area contributed by atoms with E-state index in [0.29, 0.717) is 23.0 Å². The smallest absolute Gasteiger partial charge is 0.277 e. The Balaban J connectivity index is 0.00000225. The molecule has 0 aliphatic carbocycles. The van der Waals surface area contributed by atoms with Crippen molar-refractivity contribution in [3.8, 4) is 5.69 Å². The average Bonchev–Trinajstić information content (AvgIpc) is 3.20. The Hall–Kier alpha value is -2.45. The normalized spacial score (nSPS) is 16.2. The quantitative estimate of drug-likeness (QED) is 0.678. The molecule has 9 heteroatoms. The van der Waals surface area contributed by atoms with Crippen LogP contribution in [0.15, 0.2) is 54.7 Å². The summed E-state index contributed by atoms with van der Waals surface area (Å²) in [5, 5.41) is 15.0. The van der Waals surface area contributed by atoms with Crippen molar-refractivity contribution in [3.05, 3.63) is 71.0 Å². The molecule has 0 saturated carbocycles. The lowest BCUT2D eigenvalue weighted by Crippen LogP contribution is -2.33. The minimum atomic E-state index is -0.327. The molecule has 0 spiro atoms. The summed E-state index contributed by atoms with van der Waals surface area (Å²) in [4.78, 5) is 13.8. The molecule has 1 amide bonds. The first-order valence-electron chi connectivity index (χ1n) is 8.61. The summed E-state index contributed by atoms with van der Waals surface area (Å²) in [7, 11) is 0. The van der Waals surface area contributed by atoms with Crippen LogP contribution in [-0.4, -0.2) is 40.6 Å². The zero-order valence-corrected chi connectivity index (χ0v) is 16.4. The Morgan fingerprint density at radius 1 is 1.25 bits per heavy atom. The first kappa shape index (κ1) is 20.3. The van der Waals surface area contributed by atoms with Gasteiger partial charge in [0.15, 0.2) is 5.69 Å². The predicted molar refractivity (Wildman–Crippen MR) is 110 cm³/mol. The number of halogens is 2. The van der Waals surface area contributed by atoms with Gasteiger partial charge in [-0.1, -0.05) is 29.8 Å². The van der Waals surface area contributed by atoms with Crippen molar-refractivity contribution in [2.45, 2.75) is 6.10 Å². The largest absolute Gasteiger partial charge is 0.371 e. The Morgan fingerprint density at radius 2 is 2.07 bits per heavy atom. The van der Waals surface area contributed by atoms with E-state index in [1.165, 1.54) is 11.0 Å². The molecule has 3 aromatic rings. The topological polar surface area (TPSA) is 81.1 Å². The molecule has 0 bridgehead atoms. The Morgan fingerprint density at radius 3 is 2.79 bits per heavy atom. The zero-order chi connectivity index (χ0) is 18.6. The van der Waals surface area contributed by atoms with E-state index < -0.39 is 0 Å². The van der Waals surface area contributed by atoms with E-state index in [2.05, 4.69) is 20.8 Å². The number of carbonyl (C=O) groups excluding carboxylic acids is 1. The van der Waals surface area contributed by atoms with Gasteiger partial charge >= 0.3 is 0 Å². The summed E-state index contributed by atoms with van der Waals surface area (Å²) in [6.45, 7) is 2.37. The first-order valence-corrected chi connectivity index (χ1v) is 8.99. The maximum atomic E-state index is 12.4. The third-order valence-corrected chi connectivity index (χ3v) is 4.47. The fraction of sp³-hybridized carbons (Fsp3) is 0.211. The summed E-state index contributed by atoms with van der Waals surface area (Å²) in [5.41, 5.74) is 2.67. The SMILES string of the molecule is Cl.O=C(Nc1ccc(C2CNCCO2)cc1)c1cnn(-c2cccc(Cl)c2)n1. The van der Waals surface area contributed by atoms with Gasteiger partial charge in [0.05, 0.1) is 24.6 Å². The molecule has 7 nitrogen and oxygen atoms in total. The van der Waals surface area contributed by atoms with E-state index >= 15 is 0 Å². The molecule has 4 rings (SSSR count). The van der Waals surface area contributed by atoms with Crippen molar-refractivity contribution in [1.82, 2.24) is 20.3 Å². The molecule has 1 fully saturated rings. The molecule has 1 aromatic heterocycles. The lowest BCUT2D eigenvalue weighted by molar-refractivity contribution is 0.0277. The number of carbonyl (C=O) groups is 1. The number of anilines is 1. The van der Waals surface area contributed by atoms with Crippen LogP contribution in [0, 0.1) is 0 Å². The summed E-state index contributed by atoms with van der Waals surface area (Å²) in [5.74, 6) is -0.327. The lowest BCUT2D eigenvalue weighted by Gasteiger charge is -2.24. The lowest BCUT2D eigenvalue weighted by atomic mass is 10.1. The van der Waals surface area contributed by atoms with Crippen molar-refractivity contribution in [2.24, 2.45) is 0 Å². The predicted octanol–water partition coefficient (Wildman–Crippen LogP) is 3.26. The fourth-order valence-electron chi connectivity index (χ4n) is 2.85. The number of benzene rings is 2. The highest BCUT2D eigenvalue weighted by Gasteiger charge is 2.16. The molecular weight excluding hydrogens is 401 g/mol. The van der Waals surface area contributed by atoms with Gasteiger partial charge in [-0.05, 0) is 35.9 Å². The van der Waals surface area contributed by atoms with E-state index in [1.807, 2.05) is 30.3 Å². The Labute approximate surface area is 173 Å². The van der Waals surface area contributed by atoms with E-state index in [0.717, 1.165) is 18.7 Å². The van der Waals surface area contributed by atoms with E-state index in [4.69, 9.17) is 16.3 Å². The van der Waals surface area contributed by atoms with Crippen LogP contribution in [0.2, 0.25) is 5.02 Å². The maximum Gasteiger partial charge on any atom is 0.277 e. The first-order chi connectivity index (χ1) is 13.2.